The van der Waals surface area contributed by atoms with Crippen LogP contribution < -0.4 is 5.32 Å². The smallest absolute Gasteiger partial charge is 0.254 e. The number of aromatic nitrogens is 3. The third-order valence-electron chi connectivity index (χ3n) is 6.28. The van der Waals surface area contributed by atoms with E-state index in [1.165, 1.54) is 24.3 Å². The van der Waals surface area contributed by atoms with Crippen LogP contribution in [0.25, 0.3) is 21.6 Å². The van der Waals surface area contributed by atoms with Crippen LogP contribution in [0.2, 0.25) is 0 Å². The van der Waals surface area contributed by atoms with Crippen LogP contribution >= 0.6 is 11.3 Å². The Labute approximate surface area is 206 Å². The van der Waals surface area contributed by atoms with Gasteiger partial charge in [0.15, 0.2) is 5.65 Å². The van der Waals surface area contributed by atoms with Gasteiger partial charge in [0.2, 0.25) is 0 Å². The molecule has 0 saturated carbocycles. The second-order valence-corrected chi connectivity index (χ2v) is 9.95. The second kappa shape index (κ2) is 9.58. The van der Waals surface area contributed by atoms with Crippen molar-refractivity contribution in [3.63, 3.8) is 0 Å². The summed E-state index contributed by atoms with van der Waals surface area (Å²) in [5.41, 5.74) is 2.49. The molecule has 0 unspecified atom stereocenters. The highest BCUT2D eigenvalue weighted by Gasteiger charge is 2.27. The van der Waals surface area contributed by atoms with E-state index >= 15 is 0 Å². The maximum Gasteiger partial charge on any atom is 0.254 e. The molecule has 1 N–H and O–H groups in total. The Morgan fingerprint density at radius 2 is 1.89 bits per heavy atom. The van der Waals surface area contributed by atoms with Crippen LogP contribution in [0.15, 0.2) is 54.0 Å². The van der Waals surface area contributed by atoms with Gasteiger partial charge in [-0.05, 0) is 68.5 Å². The lowest BCUT2D eigenvalue weighted by molar-refractivity contribution is 0.0700. The van der Waals surface area contributed by atoms with Crippen molar-refractivity contribution in [2.75, 3.05) is 13.1 Å². The van der Waals surface area contributed by atoms with Gasteiger partial charge >= 0.3 is 0 Å². The average Bonchev–Trinajstić information content (AvgIpc) is 3.54. The summed E-state index contributed by atoms with van der Waals surface area (Å²) in [6, 6.07) is 11.4. The van der Waals surface area contributed by atoms with Gasteiger partial charge in [0, 0.05) is 30.7 Å². The Hall–Kier alpha value is -3.59. The zero-order valence-corrected chi connectivity index (χ0v) is 20.4. The van der Waals surface area contributed by atoms with Crippen molar-refractivity contribution in [1.82, 2.24) is 25.0 Å². The number of amides is 2. The molecule has 3 aromatic heterocycles. The number of piperidine rings is 1. The van der Waals surface area contributed by atoms with Crippen LogP contribution in [0.5, 0.6) is 0 Å². The molecule has 1 aliphatic heterocycles. The van der Waals surface area contributed by atoms with Gasteiger partial charge in [-0.1, -0.05) is 6.07 Å². The lowest BCUT2D eigenvalue weighted by Crippen LogP contribution is -2.46. The third kappa shape index (κ3) is 4.68. The number of thiophene rings is 1. The minimum atomic E-state index is -0.375. The van der Waals surface area contributed by atoms with Gasteiger partial charge in [-0.2, -0.15) is 5.10 Å². The first-order chi connectivity index (χ1) is 16.9. The lowest BCUT2D eigenvalue weighted by Gasteiger charge is -2.32. The Balaban J connectivity index is 1.34. The van der Waals surface area contributed by atoms with Crippen LogP contribution in [0.1, 0.15) is 53.4 Å². The highest BCUT2D eigenvalue weighted by atomic mass is 32.1. The predicted octanol–water partition coefficient (Wildman–Crippen LogP) is 4.91. The van der Waals surface area contributed by atoms with Gasteiger partial charge in [-0.15, -0.1) is 11.3 Å². The number of likely N-dealkylation sites (tertiary alicyclic amines) is 1. The Morgan fingerprint density at radius 1 is 1.14 bits per heavy atom. The van der Waals surface area contributed by atoms with E-state index < -0.39 is 0 Å². The molecule has 4 heterocycles. The molecule has 0 spiro atoms. The minimum Gasteiger partial charge on any atom is -0.349 e. The van der Waals surface area contributed by atoms with E-state index in [9.17, 15) is 14.0 Å². The van der Waals surface area contributed by atoms with E-state index in [4.69, 9.17) is 4.98 Å². The van der Waals surface area contributed by atoms with Crippen LogP contribution in [-0.2, 0) is 0 Å². The number of rotatable bonds is 5. The summed E-state index contributed by atoms with van der Waals surface area (Å²) >= 11 is 1.58. The standard InChI is InChI=1S/C26H26FN5O2S/c1-16(2)32-24-21(15-28-32)20(14-22(30-24)23-4-3-13-35-23)26(34)31-11-9-19(10-12-31)29-25(33)17-5-7-18(27)8-6-17/h3-8,13-16,19H,9-12H2,1-2H3,(H,29,33). The SMILES string of the molecule is CC(C)n1ncc2c(C(=O)N3CCC(NC(=O)c4ccc(F)cc4)CC3)cc(-c3cccs3)nc21. The Morgan fingerprint density at radius 3 is 2.54 bits per heavy atom. The molecule has 0 aliphatic carbocycles. The zero-order valence-electron chi connectivity index (χ0n) is 19.6. The van der Waals surface area contributed by atoms with Crippen LogP contribution in [0.3, 0.4) is 0 Å². The van der Waals surface area contributed by atoms with Crippen molar-refractivity contribution in [3.05, 3.63) is 71.0 Å². The van der Waals surface area contributed by atoms with E-state index in [-0.39, 0.29) is 29.7 Å². The molecule has 2 amide bonds. The Kier molecular flexibility index (Phi) is 6.34. The molecule has 180 valence electrons. The van der Waals surface area contributed by atoms with Gasteiger partial charge in [0.25, 0.3) is 11.8 Å². The first-order valence-corrected chi connectivity index (χ1v) is 12.6. The number of fused-ring (bicyclic) bond motifs is 1. The third-order valence-corrected chi connectivity index (χ3v) is 7.18. The number of nitrogens with zero attached hydrogens (tertiary/aromatic N) is 4. The van der Waals surface area contributed by atoms with Gasteiger partial charge in [-0.3, -0.25) is 9.59 Å². The molecule has 1 aromatic carbocycles. The number of carbonyl (C=O) groups excluding carboxylic acids is 2. The van der Waals surface area contributed by atoms with Crippen molar-refractivity contribution in [3.8, 4) is 10.6 Å². The topological polar surface area (TPSA) is 80.1 Å². The zero-order chi connectivity index (χ0) is 24.5. The maximum absolute atomic E-state index is 13.6. The fraction of sp³-hybridized carbons (Fsp3) is 0.308. The molecule has 0 atom stereocenters. The number of hydrogen-bond donors (Lipinski definition) is 1. The summed E-state index contributed by atoms with van der Waals surface area (Å²) in [5, 5.41) is 10.2. The predicted molar refractivity (Wildman–Crippen MR) is 134 cm³/mol. The van der Waals surface area contributed by atoms with E-state index in [0.717, 1.165) is 16.0 Å². The quantitative estimate of drug-likeness (QED) is 0.430. The molecule has 5 rings (SSSR count). The summed E-state index contributed by atoms with van der Waals surface area (Å²) in [5.74, 6) is -0.658. The molecule has 1 saturated heterocycles. The van der Waals surface area contributed by atoms with Crippen LogP contribution in [0.4, 0.5) is 4.39 Å². The van der Waals surface area contributed by atoms with Crippen molar-refractivity contribution >= 4 is 34.2 Å². The Bertz CT molecular complexity index is 1360. The minimum absolute atomic E-state index is 0.0422. The van der Waals surface area contributed by atoms with Crippen LogP contribution in [0, 0.1) is 5.82 Å². The lowest BCUT2D eigenvalue weighted by atomic mass is 10.0. The average molecular weight is 492 g/mol. The first-order valence-electron chi connectivity index (χ1n) is 11.7. The van der Waals surface area contributed by atoms with E-state index in [0.29, 0.717) is 42.7 Å². The molecule has 0 bridgehead atoms. The summed E-state index contributed by atoms with van der Waals surface area (Å²) in [6.07, 6.45) is 3.02. The normalized spacial score (nSPS) is 14.6. The molecule has 4 aromatic rings. The highest BCUT2D eigenvalue weighted by Crippen LogP contribution is 2.30. The molecule has 1 aliphatic rings. The van der Waals surface area contributed by atoms with Crippen molar-refractivity contribution < 1.29 is 14.0 Å². The van der Waals surface area contributed by atoms with E-state index in [1.807, 2.05) is 47.0 Å². The monoisotopic (exact) mass is 491 g/mol. The van der Waals surface area contributed by atoms with E-state index in [2.05, 4.69) is 10.4 Å². The molecule has 0 radical (unpaired) electrons. The van der Waals surface area contributed by atoms with Crippen molar-refractivity contribution in [2.24, 2.45) is 0 Å². The van der Waals surface area contributed by atoms with Gasteiger partial charge in [0.1, 0.15) is 5.82 Å². The number of carbonyl (C=O) groups is 2. The highest BCUT2D eigenvalue weighted by molar-refractivity contribution is 7.13. The summed E-state index contributed by atoms with van der Waals surface area (Å²) in [7, 11) is 0. The summed E-state index contributed by atoms with van der Waals surface area (Å²) < 4.78 is 15.0. The van der Waals surface area contributed by atoms with Crippen molar-refractivity contribution in [2.45, 2.75) is 38.8 Å². The molecular weight excluding hydrogens is 465 g/mol. The van der Waals surface area contributed by atoms with Crippen LogP contribution in [-0.4, -0.2) is 50.6 Å². The summed E-state index contributed by atoms with van der Waals surface area (Å²) in [4.78, 5) is 33.8. The molecule has 1 fully saturated rings. The van der Waals surface area contributed by atoms with Gasteiger partial charge < -0.3 is 10.2 Å². The number of halogens is 1. The molecular formula is C26H26FN5O2S. The number of benzene rings is 1. The first kappa shape index (κ1) is 23.2. The number of pyridine rings is 1. The second-order valence-electron chi connectivity index (χ2n) is 9.00. The van der Waals surface area contributed by atoms with Gasteiger partial charge in [-0.25, -0.2) is 14.1 Å². The number of nitrogens with one attached hydrogen (secondary N) is 1. The fourth-order valence-corrected chi connectivity index (χ4v) is 5.08. The maximum atomic E-state index is 13.6. The molecule has 35 heavy (non-hydrogen) atoms. The molecule has 9 heteroatoms. The fourth-order valence-electron chi connectivity index (χ4n) is 4.39. The summed E-state index contributed by atoms with van der Waals surface area (Å²) in [6.45, 7) is 5.14. The van der Waals surface area contributed by atoms with Crippen molar-refractivity contribution in [1.29, 1.82) is 0 Å². The largest absolute Gasteiger partial charge is 0.349 e. The molecule has 7 nitrogen and oxygen atoms in total. The number of hydrogen-bond acceptors (Lipinski definition) is 5. The van der Waals surface area contributed by atoms with Gasteiger partial charge in [0.05, 0.1) is 27.7 Å². The van der Waals surface area contributed by atoms with E-state index in [1.54, 1.807) is 17.5 Å².